The minimum atomic E-state index is -3.42. The van der Waals surface area contributed by atoms with Gasteiger partial charge in [0.25, 0.3) is 0 Å². The molecule has 2 saturated heterocycles. The standard InChI is InChI=1S/C8H13NO5S/c1-15(12,13)9-7-5-3-2-4(14-5)6(7)8(10)11/h4-7,9H,2-3H2,1H3,(H,10,11)/p-1. The second kappa shape index (κ2) is 3.43. The summed E-state index contributed by atoms with van der Waals surface area (Å²) in [6, 6.07) is -0.677. The Morgan fingerprint density at radius 3 is 2.53 bits per heavy atom. The summed E-state index contributed by atoms with van der Waals surface area (Å²) in [5.41, 5.74) is 0. The van der Waals surface area contributed by atoms with Crippen molar-refractivity contribution < 1.29 is 23.1 Å². The smallest absolute Gasteiger partial charge is 0.209 e. The fourth-order valence-corrected chi connectivity index (χ4v) is 3.17. The average molecular weight is 234 g/mol. The number of carboxylic acid groups (broad SMARTS) is 1. The summed E-state index contributed by atoms with van der Waals surface area (Å²) in [6.07, 6.45) is 1.63. The Balaban J connectivity index is 2.19. The second-order valence-electron chi connectivity index (χ2n) is 4.05. The maximum atomic E-state index is 11.1. The van der Waals surface area contributed by atoms with Crippen LogP contribution in [0.25, 0.3) is 0 Å². The quantitative estimate of drug-likeness (QED) is 0.599. The molecule has 0 radical (unpaired) electrons. The predicted octanol–water partition coefficient (Wildman–Crippen LogP) is -2.17. The molecule has 2 rings (SSSR count). The first-order valence-electron chi connectivity index (χ1n) is 4.72. The molecule has 0 amide bonds. The molecular weight excluding hydrogens is 222 g/mol. The van der Waals surface area contributed by atoms with Crippen LogP contribution in [0.5, 0.6) is 0 Å². The van der Waals surface area contributed by atoms with E-state index in [0.29, 0.717) is 12.8 Å². The lowest BCUT2D eigenvalue weighted by Gasteiger charge is -2.28. The van der Waals surface area contributed by atoms with Gasteiger partial charge in [0.2, 0.25) is 10.0 Å². The van der Waals surface area contributed by atoms with Gasteiger partial charge in [-0.1, -0.05) is 0 Å². The summed E-state index contributed by atoms with van der Waals surface area (Å²) in [4.78, 5) is 10.9. The third kappa shape index (κ3) is 1.99. The van der Waals surface area contributed by atoms with E-state index >= 15 is 0 Å². The van der Waals surface area contributed by atoms with Crippen molar-refractivity contribution in [1.29, 1.82) is 0 Å². The number of ether oxygens (including phenoxy) is 1. The number of hydrogen-bond acceptors (Lipinski definition) is 5. The molecule has 2 aliphatic heterocycles. The number of carbonyl (C=O) groups is 1. The molecule has 0 aromatic carbocycles. The highest BCUT2D eigenvalue weighted by molar-refractivity contribution is 7.88. The lowest BCUT2D eigenvalue weighted by molar-refractivity contribution is -0.313. The number of hydrogen-bond donors (Lipinski definition) is 1. The monoisotopic (exact) mass is 234 g/mol. The zero-order valence-electron chi connectivity index (χ0n) is 8.17. The van der Waals surface area contributed by atoms with Crippen molar-refractivity contribution in [1.82, 2.24) is 4.72 Å². The van der Waals surface area contributed by atoms with Crippen LogP contribution in [0.1, 0.15) is 12.8 Å². The van der Waals surface area contributed by atoms with Gasteiger partial charge >= 0.3 is 0 Å². The van der Waals surface area contributed by atoms with Crippen molar-refractivity contribution >= 4 is 16.0 Å². The molecule has 2 heterocycles. The molecular formula is C8H12NO5S-. The zero-order valence-corrected chi connectivity index (χ0v) is 8.99. The van der Waals surface area contributed by atoms with Gasteiger partial charge in [0.1, 0.15) is 0 Å². The molecule has 0 spiro atoms. The van der Waals surface area contributed by atoms with Crippen LogP contribution in [0.4, 0.5) is 0 Å². The first kappa shape index (κ1) is 10.8. The summed E-state index contributed by atoms with van der Waals surface area (Å²) >= 11 is 0. The molecule has 7 heteroatoms. The van der Waals surface area contributed by atoms with E-state index in [1.54, 1.807) is 0 Å². The van der Waals surface area contributed by atoms with Crippen LogP contribution >= 0.6 is 0 Å². The molecule has 0 saturated carbocycles. The highest BCUT2D eigenvalue weighted by Gasteiger charge is 2.50. The zero-order chi connectivity index (χ0) is 11.2. The van der Waals surface area contributed by atoms with Crippen LogP contribution in [0.3, 0.4) is 0 Å². The van der Waals surface area contributed by atoms with Gasteiger partial charge in [0.15, 0.2) is 0 Å². The second-order valence-corrected chi connectivity index (χ2v) is 5.83. The maximum absolute atomic E-state index is 11.1. The molecule has 4 unspecified atom stereocenters. The van der Waals surface area contributed by atoms with Crippen LogP contribution in [-0.2, 0) is 19.6 Å². The van der Waals surface area contributed by atoms with Gasteiger partial charge in [-0.15, -0.1) is 0 Å². The van der Waals surface area contributed by atoms with Crippen molar-refractivity contribution in [2.45, 2.75) is 31.1 Å². The molecule has 0 aromatic heterocycles. The Labute approximate surface area is 87.7 Å². The summed E-state index contributed by atoms with van der Waals surface area (Å²) in [7, 11) is -3.42. The average Bonchev–Trinajstić information content (AvgIpc) is 2.59. The van der Waals surface area contributed by atoms with E-state index in [-0.39, 0.29) is 6.10 Å². The van der Waals surface area contributed by atoms with Crippen LogP contribution in [0.2, 0.25) is 0 Å². The summed E-state index contributed by atoms with van der Waals surface area (Å²) in [5.74, 6) is -2.11. The molecule has 2 bridgehead atoms. The molecule has 0 aromatic rings. The fourth-order valence-electron chi connectivity index (χ4n) is 2.37. The van der Waals surface area contributed by atoms with Crippen LogP contribution in [0.15, 0.2) is 0 Å². The number of nitrogens with one attached hydrogen (secondary N) is 1. The third-order valence-corrected chi connectivity index (χ3v) is 3.60. The SMILES string of the molecule is CS(=O)(=O)NC1C2CCC(O2)C1C(=O)[O-]. The number of fused-ring (bicyclic) bond motifs is 2. The fraction of sp³-hybridized carbons (Fsp3) is 0.875. The van der Waals surface area contributed by atoms with Crippen LogP contribution in [0, 0.1) is 5.92 Å². The Morgan fingerprint density at radius 2 is 2.00 bits per heavy atom. The molecule has 2 fully saturated rings. The van der Waals surface area contributed by atoms with Crippen molar-refractivity contribution in [3.63, 3.8) is 0 Å². The van der Waals surface area contributed by atoms with Crippen molar-refractivity contribution in [3.8, 4) is 0 Å². The number of aliphatic carboxylic acids is 1. The highest BCUT2D eigenvalue weighted by Crippen LogP contribution is 2.39. The van der Waals surface area contributed by atoms with Crippen molar-refractivity contribution in [2.24, 2.45) is 5.92 Å². The van der Waals surface area contributed by atoms with Crippen LogP contribution in [-0.4, -0.2) is 38.9 Å². The van der Waals surface area contributed by atoms with E-state index < -0.39 is 34.1 Å². The van der Waals surface area contributed by atoms with Crippen molar-refractivity contribution in [3.05, 3.63) is 0 Å². The minimum Gasteiger partial charge on any atom is -0.550 e. The number of rotatable bonds is 3. The minimum absolute atomic E-state index is 0.326. The molecule has 1 N–H and O–H groups in total. The largest absolute Gasteiger partial charge is 0.550 e. The van der Waals surface area contributed by atoms with Gasteiger partial charge < -0.3 is 14.6 Å². The molecule has 86 valence electrons. The Kier molecular flexibility index (Phi) is 2.48. The van der Waals surface area contributed by atoms with E-state index in [1.807, 2.05) is 0 Å². The highest BCUT2D eigenvalue weighted by atomic mass is 32.2. The van der Waals surface area contributed by atoms with Gasteiger partial charge in [0, 0.05) is 11.9 Å². The lowest BCUT2D eigenvalue weighted by Crippen LogP contribution is -2.52. The Hall–Kier alpha value is -0.660. The van der Waals surface area contributed by atoms with Gasteiger partial charge in [-0.2, -0.15) is 0 Å². The summed E-state index contributed by atoms with van der Waals surface area (Å²) < 4.78 is 29.8. The molecule has 0 aliphatic carbocycles. The number of carboxylic acids is 1. The van der Waals surface area contributed by atoms with Gasteiger partial charge in [-0.05, 0) is 12.8 Å². The first-order chi connectivity index (χ1) is 6.88. The van der Waals surface area contributed by atoms with Gasteiger partial charge in [-0.3, -0.25) is 0 Å². The van der Waals surface area contributed by atoms with E-state index in [1.165, 1.54) is 0 Å². The molecule has 6 nitrogen and oxygen atoms in total. The summed E-state index contributed by atoms with van der Waals surface area (Å²) in [5, 5.41) is 10.9. The van der Waals surface area contributed by atoms with Crippen LogP contribution < -0.4 is 9.83 Å². The Bertz CT molecular complexity index is 378. The first-order valence-corrected chi connectivity index (χ1v) is 6.61. The maximum Gasteiger partial charge on any atom is 0.209 e. The van der Waals surface area contributed by atoms with E-state index in [4.69, 9.17) is 4.74 Å². The molecule has 2 aliphatic rings. The van der Waals surface area contributed by atoms with Crippen molar-refractivity contribution in [2.75, 3.05) is 6.26 Å². The van der Waals surface area contributed by atoms with Gasteiger partial charge in [0.05, 0.1) is 24.5 Å². The number of sulfonamides is 1. The molecule has 15 heavy (non-hydrogen) atoms. The Morgan fingerprint density at radius 1 is 1.40 bits per heavy atom. The normalized spacial score (nSPS) is 39.5. The molecule has 4 atom stereocenters. The van der Waals surface area contributed by atoms with E-state index in [0.717, 1.165) is 6.26 Å². The van der Waals surface area contributed by atoms with Gasteiger partial charge in [-0.25, -0.2) is 13.1 Å². The van der Waals surface area contributed by atoms with E-state index in [2.05, 4.69) is 4.72 Å². The summed E-state index contributed by atoms with van der Waals surface area (Å²) in [6.45, 7) is 0. The number of carbonyl (C=O) groups excluding carboxylic acids is 1. The third-order valence-electron chi connectivity index (χ3n) is 2.90. The topological polar surface area (TPSA) is 95.5 Å². The van der Waals surface area contributed by atoms with E-state index in [9.17, 15) is 18.3 Å². The predicted molar refractivity (Wildman–Crippen MR) is 48.2 cm³/mol. The lowest BCUT2D eigenvalue weighted by atomic mass is 9.85.